The van der Waals surface area contributed by atoms with Crippen LogP contribution >= 0.6 is 23.1 Å². The molecule has 1 N–H and O–H groups in total. The van der Waals surface area contributed by atoms with Crippen LogP contribution < -0.4 is 10.1 Å². The lowest BCUT2D eigenvalue weighted by molar-refractivity contribution is 0.393. The SMILES string of the molecule is COc1nc2sccn2c1CNCCSc1ccccc1. The molecule has 1 aromatic carbocycles. The third-order valence-corrected chi connectivity index (χ3v) is 4.87. The van der Waals surface area contributed by atoms with Crippen molar-refractivity contribution < 1.29 is 4.74 Å². The summed E-state index contributed by atoms with van der Waals surface area (Å²) in [4.78, 5) is 6.73. The first-order valence-electron chi connectivity index (χ1n) is 6.75. The monoisotopic (exact) mass is 319 g/mol. The van der Waals surface area contributed by atoms with Crippen LogP contribution in [0.15, 0.2) is 46.8 Å². The zero-order valence-corrected chi connectivity index (χ0v) is 13.4. The van der Waals surface area contributed by atoms with Crippen molar-refractivity contribution >= 4 is 28.1 Å². The third-order valence-electron chi connectivity index (χ3n) is 3.10. The molecule has 0 radical (unpaired) electrons. The molecule has 0 atom stereocenters. The molecule has 6 heteroatoms. The largest absolute Gasteiger partial charge is 0.480 e. The first-order valence-corrected chi connectivity index (χ1v) is 8.62. The van der Waals surface area contributed by atoms with Gasteiger partial charge in [0, 0.05) is 35.3 Å². The van der Waals surface area contributed by atoms with E-state index in [9.17, 15) is 0 Å². The molecule has 0 amide bonds. The Labute approximate surface area is 132 Å². The Bertz CT molecular complexity index is 693. The maximum Gasteiger partial charge on any atom is 0.237 e. The Kier molecular flexibility index (Phi) is 4.80. The lowest BCUT2D eigenvalue weighted by Crippen LogP contribution is -2.18. The third kappa shape index (κ3) is 3.40. The fourth-order valence-electron chi connectivity index (χ4n) is 2.10. The van der Waals surface area contributed by atoms with Crippen LogP contribution in [-0.2, 0) is 6.54 Å². The van der Waals surface area contributed by atoms with Gasteiger partial charge in [0.15, 0.2) is 4.96 Å². The average molecular weight is 319 g/mol. The maximum atomic E-state index is 5.34. The van der Waals surface area contributed by atoms with Gasteiger partial charge in [0.2, 0.25) is 5.88 Å². The summed E-state index contributed by atoms with van der Waals surface area (Å²) in [5.74, 6) is 1.75. The second kappa shape index (κ2) is 6.98. The normalized spacial score (nSPS) is 11.1. The van der Waals surface area contributed by atoms with Crippen LogP contribution in [0.25, 0.3) is 4.96 Å². The predicted octanol–water partition coefficient (Wildman–Crippen LogP) is 3.29. The predicted molar refractivity (Wildman–Crippen MR) is 88.5 cm³/mol. The van der Waals surface area contributed by atoms with E-state index < -0.39 is 0 Å². The fraction of sp³-hybridized carbons (Fsp3) is 0.267. The van der Waals surface area contributed by atoms with E-state index in [4.69, 9.17) is 4.74 Å². The summed E-state index contributed by atoms with van der Waals surface area (Å²) in [7, 11) is 1.67. The molecule has 0 spiro atoms. The molecular formula is C15H17N3OS2. The Hall–Kier alpha value is -1.50. The van der Waals surface area contributed by atoms with Crippen molar-refractivity contribution in [2.24, 2.45) is 0 Å². The highest BCUT2D eigenvalue weighted by molar-refractivity contribution is 7.99. The molecule has 0 bridgehead atoms. The van der Waals surface area contributed by atoms with Crippen molar-refractivity contribution in [1.82, 2.24) is 14.7 Å². The molecule has 0 saturated carbocycles. The number of methoxy groups -OCH3 is 1. The number of nitrogens with one attached hydrogen (secondary N) is 1. The zero-order valence-electron chi connectivity index (χ0n) is 11.8. The van der Waals surface area contributed by atoms with Crippen LogP contribution in [0.2, 0.25) is 0 Å². The smallest absolute Gasteiger partial charge is 0.237 e. The molecule has 110 valence electrons. The number of aromatic nitrogens is 2. The van der Waals surface area contributed by atoms with Gasteiger partial charge in [0.05, 0.1) is 7.11 Å². The number of ether oxygens (including phenoxy) is 1. The number of hydrogen-bond acceptors (Lipinski definition) is 5. The van der Waals surface area contributed by atoms with Crippen molar-refractivity contribution in [2.75, 3.05) is 19.4 Å². The second-order valence-corrected chi connectivity index (χ2v) is 6.50. The summed E-state index contributed by atoms with van der Waals surface area (Å²) in [5, 5.41) is 5.50. The Morgan fingerprint density at radius 1 is 1.33 bits per heavy atom. The van der Waals surface area contributed by atoms with Gasteiger partial charge >= 0.3 is 0 Å². The molecule has 3 rings (SSSR count). The molecular weight excluding hydrogens is 302 g/mol. The number of hydrogen-bond donors (Lipinski definition) is 1. The number of rotatable bonds is 7. The number of fused-ring (bicyclic) bond motifs is 1. The van der Waals surface area contributed by atoms with Crippen LogP contribution in [0.5, 0.6) is 5.88 Å². The highest BCUT2D eigenvalue weighted by Gasteiger charge is 2.12. The maximum absolute atomic E-state index is 5.34. The molecule has 0 unspecified atom stereocenters. The minimum atomic E-state index is 0.713. The van der Waals surface area contributed by atoms with Crippen molar-refractivity contribution in [3.63, 3.8) is 0 Å². The van der Waals surface area contributed by atoms with Gasteiger partial charge in [0.25, 0.3) is 0 Å². The molecule has 0 aliphatic carbocycles. The highest BCUT2D eigenvalue weighted by Crippen LogP contribution is 2.23. The van der Waals surface area contributed by atoms with Crippen LogP contribution in [0.4, 0.5) is 0 Å². The van der Waals surface area contributed by atoms with Crippen molar-refractivity contribution in [3.05, 3.63) is 47.6 Å². The lowest BCUT2D eigenvalue weighted by Gasteiger charge is -2.06. The van der Waals surface area contributed by atoms with E-state index in [1.54, 1.807) is 18.4 Å². The minimum Gasteiger partial charge on any atom is -0.480 e. The van der Waals surface area contributed by atoms with E-state index >= 15 is 0 Å². The van der Waals surface area contributed by atoms with Gasteiger partial charge in [0.1, 0.15) is 5.69 Å². The number of thiazole rings is 1. The summed E-state index contributed by atoms with van der Waals surface area (Å²) in [6.07, 6.45) is 2.03. The van der Waals surface area contributed by atoms with Gasteiger partial charge in [-0.3, -0.25) is 4.40 Å². The van der Waals surface area contributed by atoms with Crippen molar-refractivity contribution in [1.29, 1.82) is 0 Å². The van der Waals surface area contributed by atoms with Crippen LogP contribution in [0.3, 0.4) is 0 Å². The quantitative estimate of drug-likeness (QED) is 0.536. The van der Waals surface area contributed by atoms with Gasteiger partial charge in [-0.1, -0.05) is 18.2 Å². The topological polar surface area (TPSA) is 38.6 Å². The van der Waals surface area contributed by atoms with E-state index in [1.165, 1.54) is 4.90 Å². The molecule has 0 aliphatic heterocycles. The molecule has 3 aromatic rings. The Morgan fingerprint density at radius 2 is 2.19 bits per heavy atom. The molecule has 0 aliphatic rings. The minimum absolute atomic E-state index is 0.713. The number of nitrogens with zero attached hydrogens (tertiary/aromatic N) is 2. The first kappa shape index (κ1) is 14.4. The van der Waals surface area contributed by atoms with E-state index in [0.717, 1.165) is 29.5 Å². The molecule has 0 saturated heterocycles. The van der Waals surface area contributed by atoms with E-state index in [1.807, 2.05) is 29.4 Å². The molecule has 2 aromatic heterocycles. The van der Waals surface area contributed by atoms with E-state index in [2.05, 4.69) is 39.0 Å². The van der Waals surface area contributed by atoms with Gasteiger partial charge in [-0.25, -0.2) is 0 Å². The molecule has 0 fully saturated rings. The summed E-state index contributed by atoms with van der Waals surface area (Å²) in [5.41, 5.74) is 1.08. The summed E-state index contributed by atoms with van der Waals surface area (Å²) in [6.45, 7) is 1.70. The highest BCUT2D eigenvalue weighted by atomic mass is 32.2. The van der Waals surface area contributed by atoms with Crippen LogP contribution in [-0.4, -0.2) is 28.8 Å². The standard InChI is InChI=1S/C15H17N3OS2/c1-19-14-13(18-8-10-21-15(18)17-14)11-16-7-9-20-12-5-3-2-4-6-12/h2-6,8,10,16H,7,9,11H2,1H3. The fourth-order valence-corrected chi connectivity index (χ4v) is 3.66. The van der Waals surface area contributed by atoms with Crippen molar-refractivity contribution in [2.45, 2.75) is 11.4 Å². The van der Waals surface area contributed by atoms with Crippen molar-refractivity contribution in [3.8, 4) is 5.88 Å². The average Bonchev–Trinajstić information content (AvgIpc) is 3.09. The van der Waals surface area contributed by atoms with Crippen LogP contribution in [0, 0.1) is 0 Å². The van der Waals surface area contributed by atoms with Gasteiger partial charge in [-0.2, -0.15) is 4.98 Å². The van der Waals surface area contributed by atoms with E-state index in [0.29, 0.717) is 5.88 Å². The van der Waals surface area contributed by atoms with Gasteiger partial charge < -0.3 is 10.1 Å². The summed E-state index contributed by atoms with van der Waals surface area (Å²) < 4.78 is 7.43. The van der Waals surface area contributed by atoms with Gasteiger partial charge in [-0.15, -0.1) is 23.1 Å². The lowest BCUT2D eigenvalue weighted by atomic mass is 10.4. The molecule has 4 nitrogen and oxygen atoms in total. The first-order chi connectivity index (χ1) is 10.4. The molecule has 21 heavy (non-hydrogen) atoms. The van der Waals surface area contributed by atoms with E-state index in [-0.39, 0.29) is 0 Å². The summed E-state index contributed by atoms with van der Waals surface area (Å²) in [6, 6.07) is 10.5. The van der Waals surface area contributed by atoms with Gasteiger partial charge in [-0.05, 0) is 12.1 Å². The Balaban J connectivity index is 1.51. The number of benzene rings is 1. The second-order valence-electron chi connectivity index (χ2n) is 4.46. The summed E-state index contributed by atoms with van der Waals surface area (Å²) >= 11 is 3.48. The Morgan fingerprint density at radius 3 is 3.00 bits per heavy atom. The number of thioether (sulfide) groups is 1. The molecule has 2 heterocycles. The number of imidazole rings is 1. The zero-order chi connectivity index (χ0) is 14.5. The van der Waals surface area contributed by atoms with Crippen LogP contribution in [0.1, 0.15) is 5.69 Å².